The van der Waals surface area contributed by atoms with Crippen LogP contribution in [0.1, 0.15) is 5.69 Å². The van der Waals surface area contributed by atoms with Crippen LogP contribution in [0, 0.1) is 17.1 Å². The van der Waals surface area contributed by atoms with Gasteiger partial charge in [0.1, 0.15) is 11.8 Å². The first kappa shape index (κ1) is 17.1. The van der Waals surface area contributed by atoms with Crippen LogP contribution in [0.5, 0.6) is 5.75 Å². The van der Waals surface area contributed by atoms with E-state index in [4.69, 9.17) is 4.74 Å². The number of pyridine rings is 1. The van der Waals surface area contributed by atoms with Gasteiger partial charge in [-0.3, -0.25) is 0 Å². The lowest BCUT2D eigenvalue weighted by Gasteiger charge is -2.37. The van der Waals surface area contributed by atoms with Crippen molar-refractivity contribution in [2.24, 2.45) is 0 Å². The zero-order valence-electron chi connectivity index (χ0n) is 15.0. The molecule has 2 aromatic carbocycles. The molecule has 0 amide bonds. The highest BCUT2D eigenvalue weighted by molar-refractivity contribution is 5.92. The van der Waals surface area contributed by atoms with E-state index >= 15 is 0 Å². The molecule has 6 heteroatoms. The van der Waals surface area contributed by atoms with Gasteiger partial charge < -0.3 is 14.5 Å². The molecule has 0 saturated carbocycles. The third kappa shape index (κ3) is 3.24. The summed E-state index contributed by atoms with van der Waals surface area (Å²) in [5.74, 6) is -0.0964. The summed E-state index contributed by atoms with van der Waals surface area (Å²) in [5.41, 5.74) is 3.12. The highest BCUT2D eigenvalue weighted by atomic mass is 19.1. The van der Waals surface area contributed by atoms with Crippen molar-refractivity contribution in [3.05, 3.63) is 60.0 Å². The molecule has 0 N–H and O–H groups in total. The lowest BCUT2D eigenvalue weighted by atomic mass is 10.1. The van der Waals surface area contributed by atoms with Gasteiger partial charge in [-0.15, -0.1) is 0 Å². The van der Waals surface area contributed by atoms with Crippen molar-refractivity contribution in [3.63, 3.8) is 0 Å². The minimum Gasteiger partial charge on any atom is -0.494 e. The summed E-state index contributed by atoms with van der Waals surface area (Å²) >= 11 is 0. The number of fused-ring (bicyclic) bond motifs is 1. The second-order valence-corrected chi connectivity index (χ2v) is 6.45. The molecule has 1 fully saturated rings. The van der Waals surface area contributed by atoms with E-state index in [0.717, 1.165) is 48.5 Å². The fraction of sp³-hybridized carbons (Fsp3) is 0.238. The van der Waals surface area contributed by atoms with Crippen molar-refractivity contribution in [1.29, 1.82) is 5.26 Å². The van der Waals surface area contributed by atoms with E-state index in [9.17, 15) is 9.65 Å². The number of hydrogen-bond acceptors (Lipinski definition) is 5. The third-order valence-corrected chi connectivity index (χ3v) is 4.93. The van der Waals surface area contributed by atoms with Gasteiger partial charge in [0, 0.05) is 49.0 Å². The maximum Gasteiger partial charge on any atom is 0.167 e. The van der Waals surface area contributed by atoms with Crippen LogP contribution < -0.4 is 14.5 Å². The number of hydrogen-bond donors (Lipinski definition) is 0. The molecule has 1 aliphatic rings. The van der Waals surface area contributed by atoms with Crippen LogP contribution in [-0.4, -0.2) is 38.3 Å². The van der Waals surface area contributed by atoms with Crippen LogP contribution in [0.3, 0.4) is 0 Å². The van der Waals surface area contributed by atoms with Crippen LogP contribution in [-0.2, 0) is 0 Å². The SMILES string of the molecule is COc1ccc(N2CCN(c3cc(C#N)nc4ccccc34)CC2)cc1F. The fourth-order valence-electron chi connectivity index (χ4n) is 3.53. The van der Waals surface area contributed by atoms with E-state index in [1.54, 1.807) is 6.07 Å². The Morgan fingerprint density at radius 3 is 2.48 bits per heavy atom. The Morgan fingerprint density at radius 2 is 1.78 bits per heavy atom. The van der Waals surface area contributed by atoms with Crippen molar-refractivity contribution in [2.45, 2.75) is 0 Å². The molecular weight excluding hydrogens is 343 g/mol. The van der Waals surface area contributed by atoms with Crippen molar-refractivity contribution >= 4 is 22.3 Å². The Hall–Kier alpha value is -3.33. The Bertz CT molecular complexity index is 1020. The summed E-state index contributed by atoms with van der Waals surface area (Å²) in [7, 11) is 1.46. The number of piperazine rings is 1. The molecule has 3 aromatic rings. The molecule has 0 radical (unpaired) electrons. The molecule has 0 bridgehead atoms. The van der Waals surface area contributed by atoms with E-state index in [1.165, 1.54) is 13.2 Å². The van der Waals surface area contributed by atoms with E-state index in [1.807, 2.05) is 36.4 Å². The second-order valence-electron chi connectivity index (χ2n) is 6.45. The van der Waals surface area contributed by atoms with Crippen molar-refractivity contribution in [3.8, 4) is 11.8 Å². The first-order valence-corrected chi connectivity index (χ1v) is 8.83. The van der Waals surface area contributed by atoms with E-state index in [0.29, 0.717) is 5.69 Å². The minimum atomic E-state index is -0.351. The average Bonchev–Trinajstić information content (AvgIpc) is 2.73. The van der Waals surface area contributed by atoms with Gasteiger partial charge in [-0.2, -0.15) is 5.26 Å². The van der Waals surface area contributed by atoms with E-state index in [2.05, 4.69) is 20.9 Å². The smallest absolute Gasteiger partial charge is 0.167 e. The predicted octanol–water partition coefficient (Wildman–Crippen LogP) is 3.58. The van der Waals surface area contributed by atoms with Gasteiger partial charge in [-0.1, -0.05) is 18.2 Å². The number of nitrogens with zero attached hydrogens (tertiary/aromatic N) is 4. The summed E-state index contributed by atoms with van der Waals surface area (Å²) in [4.78, 5) is 8.81. The molecule has 0 unspecified atom stereocenters. The Kier molecular flexibility index (Phi) is 4.51. The topological polar surface area (TPSA) is 52.4 Å². The molecule has 0 atom stereocenters. The van der Waals surface area contributed by atoms with Gasteiger partial charge in [0.15, 0.2) is 11.6 Å². The molecule has 1 aliphatic heterocycles. The lowest BCUT2D eigenvalue weighted by molar-refractivity contribution is 0.386. The van der Waals surface area contributed by atoms with Crippen LogP contribution in [0.15, 0.2) is 48.5 Å². The minimum absolute atomic E-state index is 0.254. The largest absolute Gasteiger partial charge is 0.494 e. The summed E-state index contributed by atoms with van der Waals surface area (Å²) < 4.78 is 19.0. The van der Waals surface area contributed by atoms with E-state index < -0.39 is 0 Å². The zero-order valence-corrected chi connectivity index (χ0v) is 15.0. The predicted molar refractivity (Wildman–Crippen MR) is 104 cm³/mol. The monoisotopic (exact) mass is 362 g/mol. The average molecular weight is 362 g/mol. The Balaban J connectivity index is 1.57. The standard InChI is InChI=1S/C21H19FN4O/c1-27-21-7-6-16(13-18(21)22)25-8-10-26(11-9-25)20-12-15(14-23)24-19-5-3-2-4-17(19)20/h2-7,12-13H,8-11H2,1H3. The third-order valence-electron chi connectivity index (χ3n) is 4.93. The molecule has 4 rings (SSSR count). The number of ether oxygens (including phenoxy) is 1. The van der Waals surface area contributed by atoms with Gasteiger partial charge in [-0.05, 0) is 24.3 Å². The van der Waals surface area contributed by atoms with Crippen LogP contribution in [0.25, 0.3) is 10.9 Å². The normalized spacial score (nSPS) is 14.3. The lowest BCUT2D eigenvalue weighted by Crippen LogP contribution is -2.46. The first-order valence-electron chi connectivity index (χ1n) is 8.83. The highest BCUT2D eigenvalue weighted by Gasteiger charge is 2.20. The van der Waals surface area contributed by atoms with Crippen molar-refractivity contribution in [1.82, 2.24) is 4.98 Å². The fourth-order valence-corrected chi connectivity index (χ4v) is 3.53. The first-order chi connectivity index (χ1) is 13.2. The van der Waals surface area contributed by atoms with Crippen LogP contribution in [0.4, 0.5) is 15.8 Å². The number of anilines is 2. The summed E-state index contributed by atoms with van der Waals surface area (Å²) in [6, 6.07) is 16.9. The molecule has 1 saturated heterocycles. The maximum absolute atomic E-state index is 14.0. The molecule has 2 heterocycles. The number of rotatable bonds is 3. The van der Waals surface area contributed by atoms with Crippen molar-refractivity contribution < 1.29 is 9.13 Å². The zero-order chi connectivity index (χ0) is 18.8. The number of aromatic nitrogens is 1. The van der Waals surface area contributed by atoms with Gasteiger partial charge in [0.25, 0.3) is 0 Å². The van der Waals surface area contributed by atoms with Gasteiger partial charge >= 0.3 is 0 Å². The van der Waals surface area contributed by atoms with Crippen molar-refractivity contribution in [2.75, 3.05) is 43.1 Å². The molecule has 27 heavy (non-hydrogen) atoms. The number of methoxy groups -OCH3 is 1. The molecule has 5 nitrogen and oxygen atoms in total. The Morgan fingerprint density at radius 1 is 1.04 bits per heavy atom. The summed E-state index contributed by atoms with van der Waals surface area (Å²) in [6.45, 7) is 3.10. The molecule has 0 aliphatic carbocycles. The Labute approximate surface area is 157 Å². The molecule has 136 valence electrons. The second kappa shape index (κ2) is 7.12. The van der Waals surface area contributed by atoms with Gasteiger partial charge in [0.2, 0.25) is 0 Å². The molecular formula is C21H19FN4O. The molecule has 1 aromatic heterocycles. The van der Waals surface area contributed by atoms with Crippen LogP contribution in [0.2, 0.25) is 0 Å². The van der Waals surface area contributed by atoms with Crippen LogP contribution >= 0.6 is 0 Å². The highest BCUT2D eigenvalue weighted by Crippen LogP contribution is 2.29. The summed E-state index contributed by atoms with van der Waals surface area (Å²) in [6.07, 6.45) is 0. The quantitative estimate of drug-likeness (QED) is 0.713. The van der Waals surface area contributed by atoms with Gasteiger partial charge in [0.05, 0.1) is 12.6 Å². The van der Waals surface area contributed by atoms with Gasteiger partial charge in [-0.25, -0.2) is 9.37 Å². The van der Waals surface area contributed by atoms with E-state index in [-0.39, 0.29) is 11.6 Å². The number of para-hydroxylation sites is 1. The number of nitriles is 1. The number of halogens is 1. The maximum atomic E-state index is 14.0. The number of benzene rings is 2. The molecule has 0 spiro atoms. The summed E-state index contributed by atoms with van der Waals surface area (Å²) in [5, 5.41) is 10.3.